The minimum Gasteiger partial charge on any atom is -0.354 e. The normalized spacial score (nSPS) is 24.1. The van der Waals surface area contributed by atoms with Crippen molar-refractivity contribution < 1.29 is 13.2 Å². The van der Waals surface area contributed by atoms with Gasteiger partial charge in [-0.1, -0.05) is 36.8 Å². The molecule has 2 fully saturated rings. The molecule has 1 aliphatic heterocycles. The van der Waals surface area contributed by atoms with Gasteiger partial charge in [0.05, 0.1) is 6.26 Å². The van der Waals surface area contributed by atoms with Crippen molar-refractivity contribution in [2.45, 2.75) is 43.6 Å². The van der Waals surface area contributed by atoms with Crippen molar-refractivity contribution in [3.05, 3.63) is 35.9 Å². The predicted octanol–water partition coefficient (Wildman–Crippen LogP) is 1.65. The SMILES string of the molecule is CS(=O)(=O)N1CCCC[C@H]1C(=O)NCC1(c2ccccc2)CC1. The summed E-state index contributed by atoms with van der Waals surface area (Å²) in [6.45, 7) is 1.03. The van der Waals surface area contributed by atoms with Crippen LogP contribution < -0.4 is 5.32 Å². The Labute approximate surface area is 138 Å². The molecule has 1 aliphatic carbocycles. The average Bonchev–Trinajstić information content (AvgIpc) is 3.34. The van der Waals surface area contributed by atoms with E-state index in [0.29, 0.717) is 19.5 Å². The topological polar surface area (TPSA) is 66.5 Å². The predicted molar refractivity (Wildman–Crippen MR) is 89.6 cm³/mol. The molecule has 5 nitrogen and oxygen atoms in total. The first-order valence-electron chi connectivity index (χ1n) is 8.22. The monoisotopic (exact) mass is 336 g/mol. The number of hydrogen-bond donors (Lipinski definition) is 1. The molecule has 0 radical (unpaired) electrons. The molecule has 6 heteroatoms. The van der Waals surface area contributed by atoms with Crippen LogP contribution in [0.1, 0.15) is 37.7 Å². The van der Waals surface area contributed by atoms with E-state index in [-0.39, 0.29) is 11.3 Å². The number of amides is 1. The van der Waals surface area contributed by atoms with Gasteiger partial charge in [-0.15, -0.1) is 0 Å². The molecule has 3 rings (SSSR count). The van der Waals surface area contributed by atoms with Gasteiger partial charge in [-0.25, -0.2) is 8.42 Å². The largest absolute Gasteiger partial charge is 0.354 e. The smallest absolute Gasteiger partial charge is 0.238 e. The summed E-state index contributed by atoms with van der Waals surface area (Å²) < 4.78 is 25.1. The zero-order valence-corrected chi connectivity index (χ0v) is 14.3. The summed E-state index contributed by atoms with van der Waals surface area (Å²) in [7, 11) is -3.34. The lowest BCUT2D eigenvalue weighted by Gasteiger charge is -2.33. The van der Waals surface area contributed by atoms with E-state index in [1.807, 2.05) is 18.2 Å². The van der Waals surface area contributed by atoms with Gasteiger partial charge in [-0.05, 0) is 31.2 Å². The van der Waals surface area contributed by atoms with Gasteiger partial charge in [-0.3, -0.25) is 4.79 Å². The Bertz CT molecular complexity index is 668. The van der Waals surface area contributed by atoms with E-state index in [1.54, 1.807) is 0 Å². The van der Waals surface area contributed by atoms with E-state index in [2.05, 4.69) is 17.4 Å². The Hall–Kier alpha value is -1.40. The lowest BCUT2D eigenvalue weighted by atomic mass is 9.95. The Morgan fingerprint density at radius 1 is 1.26 bits per heavy atom. The fraction of sp³-hybridized carbons (Fsp3) is 0.588. The summed E-state index contributed by atoms with van der Waals surface area (Å²) in [6.07, 6.45) is 5.65. The molecule has 1 saturated heterocycles. The van der Waals surface area contributed by atoms with E-state index < -0.39 is 16.1 Å². The van der Waals surface area contributed by atoms with Crippen LogP contribution in [0.4, 0.5) is 0 Å². The van der Waals surface area contributed by atoms with Gasteiger partial charge in [0.25, 0.3) is 0 Å². The first-order chi connectivity index (χ1) is 10.9. The van der Waals surface area contributed by atoms with Crippen LogP contribution in [0, 0.1) is 0 Å². The highest BCUT2D eigenvalue weighted by Crippen LogP contribution is 2.47. The van der Waals surface area contributed by atoms with Crippen molar-refractivity contribution in [1.82, 2.24) is 9.62 Å². The van der Waals surface area contributed by atoms with Crippen molar-refractivity contribution in [2.24, 2.45) is 0 Å². The zero-order chi connectivity index (χ0) is 16.5. The maximum absolute atomic E-state index is 12.5. The standard InChI is InChI=1S/C17H24N2O3S/c1-23(21,22)19-12-6-5-9-15(19)16(20)18-13-17(10-11-17)14-7-3-2-4-8-14/h2-4,7-8,15H,5-6,9-13H2,1H3,(H,18,20)/t15-/m0/s1. The van der Waals surface area contributed by atoms with E-state index in [4.69, 9.17) is 0 Å². The van der Waals surface area contributed by atoms with Gasteiger partial charge in [-0.2, -0.15) is 4.31 Å². The van der Waals surface area contributed by atoms with E-state index in [1.165, 1.54) is 16.1 Å². The van der Waals surface area contributed by atoms with E-state index >= 15 is 0 Å². The minimum atomic E-state index is -3.34. The van der Waals surface area contributed by atoms with Gasteiger partial charge in [0.2, 0.25) is 15.9 Å². The fourth-order valence-electron chi connectivity index (χ4n) is 3.45. The Balaban J connectivity index is 1.65. The van der Waals surface area contributed by atoms with Crippen LogP contribution in [0.3, 0.4) is 0 Å². The van der Waals surface area contributed by atoms with Crippen LogP contribution in [0.2, 0.25) is 0 Å². The molecular weight excluding hydrogens is 312 g/mol. The molecule has 2 aliphatic rings. The van der Waals surface area contributed by atoms with Crippen molar-refractivity contribution in [1.29, 1.82) is 0 Å². The number of carbonyl (C=O) groups is 1. The van der Waals surface area contributed by atoms with Gasteiger partial charge in [0, 0.05) is 18.5 Å². The number of sulfonamides is 1. The van der Waals surface area contributed by atoms with Crippen LogP contribution in [-0.2, 0) is 20.2 Å². The van der Waals surface area contributed by atoms with Crippen molar-refractivity contribution in [3.63, 3.8) is 0 Å². The van der Waals surface area contributed by atoms with Crippen LogP contribution in [0.15, 0.2) is 30.3 Å². The summed E-state index contributed by atoms with van der Waals surface area (Å²) in [5.41, 5.74) is 1.30. The summed E-state index contributed by atoms with van der Waals surface area (Å²) in [6, 6.07) is 9.67. The Kier molecular flexibility index (Phi) is 4.47. The Morgan fingerprint density at radius 2 is 1.96 bits per heavy atom. The molecule has 1 heterocycles. The summed E-state index contributed by atoms with van der Waals surface area (Å²) in [4.78, 5) is 12.5. The van der Waals surface area contributed by atoms with Crippen molar-refractivity contribution >= 4 is 15.9 Å². The third-order valence-corrected chi connectivity index (χ3v) is 6.31. The van der Waals surface area contributed by atoms with Crippen molar-refractivity contribution in [2.75, 3.05) is 19.3 Å². The lowest BCUT2D eigenvalue weighted by Crippen LogP contribution is -2.52. The number of nitrogens with zero attached hydrogens (tertiary/aromatic N) is 1. The molecule has 0 spiro atoms. The maximum atomic E-state index is 12.5. The maximum Gasteiger partial charge on any atom is 0.238 e. The second-order valence-corrected chi connectivity index (χ2v) is 8.68. The molecule has 23 heavy (non-hydrogen) atoms. The molecule has 1 saturated carbocycles. The molecule has 1 aromatic rings. The lowest BCUT2D eigenvalue weighted by molar-refractivity contribution is -0.125. The molecule has 1 aromatic carbocycles. The first-order valence-corrected chi connectivity index (χ1v) is 10.1. The zero-order valence-electron chi connectivity index (χ0n) is 13.5. The fourth-order valence-corrected chi connectivity index (χ4v) is 4.57. The van der Waals surface area contributed by atoms with Gasteiger partial charge in [0.1, 0.15) is 6.04 Å². The van der Waals surface area contributed by atoms with Crippen LogP contribution in [0.25, 0.3) is 0 Å². The molecule has 1 amide bonds. The van der Waals surface area contributed by atoms with Crippen LogP contribution >= 0.6 is 0 Å². The number of benzene rings is 1. The highest BCUT2D eigenvalue weighted by atomic mass is 32.2. The van der Waals surface area contributed by atoms with Crippen LogP contribution in [0.5, 0.6) is 0 Å². The first kappa shape index (κ1) is 16.5. The second kappa shape index (κ2) is 6.24. The summed E-state index contributed by atoms with van der Waals surface area (Å²) >= 11 is 0. The van der Waals surface area contributed by atoms with Gasteiger partial charge in [0.15, 0.2) is 0 Å². The molecule has 1 N–H and O–H groups in total. The highest BCUT2D eigenvalue weighted by molar-refractivity contribution is 7.88. The molecule has 1 atom stereocenters. The molecule has 0 unspecified atom stereocenters. The summed E-state index contributed by atoms with van der Waals surface area (Å²) in [5.74, 6) is -0.155. The highest BCUT2D eigenvalue weighted by Gasteiger charge is 2.45. The number of rotatable bonds is 5. The number of piperidine rings is 1. The van der Waals surface area contributed by atoms with Gasteiger partial charge >= 0.3 is 0 Å². The van der Waals surface area contributed by atoms with Crippen LogP contribution in [-0.4, -0.2) is 44.0 Å². The third kappa shape index (κ3) is 3.58. The molecule has 126 valence electrons. The third-order valence-electron chi connectivity index (χ3n) is 5.02. The van der Waals surface area contributed by atoms with E-state index in [0.717, 1.165) is 25.7 Å². The molecular formula is C17H24N2O3S. The minimum absolute atomic E-state index is 0.0432. The number of hydrogen-bond acceptors (Lipinski definition) is 3. The molecule has 0 bridgehead atoms. The van der Waals surface area contributed by atoms with Gasteiger partial charge < -0.3 is 5.32 Å². The summed E-state index contributed by atoms with van der Waals surface area (Å²) in [5, 5.41) is 3.01. The van der Waals surface area contributed by atoms with Crippen molar-refractivity contribution in [3.8, 4) is 0 Å². The quantitative estimate of drug-likeness (QED) is 0.889. The Morgan fingerprint density at radius 3 is 2.57 bits per heavy atom. The number of carbonyl (C=O) groups excluding carboxylic acids is 1. The van der Waals surface area contributed by atoms with E-state index in [9.17, 15) is 13.2 Å². The average molecular weight is 336 g/mol. The number of nitrogens with one attached hydrogen (secondary N) is 1. The second-order valence-electron chi connectivity index (χ2n) is 6.75. The molecule has 0 aromatic heterocycles.